The van der Waals surface area contributed by atoms with Crippen molar-refractivity contribution in [1.29, 1.82) is 0 Å². The van der Waals surface area contributed by atoms with Gasteiger partial charge in [0.15, 0.2) is 17.3 Å². The number of imidazole rings is 1. The van der Waals surface area contributed by atoms with Gasteiger partial charge in [-0.2, -0.15) is 5.10 Å². The van der Waals surface area contributed by atoms with Gasteiger partial charge in [0.1, 0.15) is 5.82 Å². The van der Waals surface area contributed by atoms with Crippen LogP contribution >= 0.6 is 0 Å². The largest absolute Gasteiger partial charge is 0.373 e. The molecule has 0 radical (unpaired) electrons. The number of aryl methyl sites for hydroxylation is 1. The van der Waals surface area contributed by atoms with Crippen molar-refractivity contribution < 1.29 is 4.74 Å². The van der Waals surface area contributed by atoms with Crippen LogP contribution in [0.3, 0.4) is 0 Å². The van der Waals surface area contributed by atoms with Crippen molar-refractivity contribution in [2.75, 3.05) is 19.6 Å². The number of pyridine rings is 1. The van der Waals surface area contributed by atoms with Gasteiger partial charge in [0.2, 0.25) is 0 Å². The summed E-state index contributed by atoms with van der Waals surface area (Å²) >= 11 is 0. The zero-order valence-corrected chi connectivity index (χ0v) is 18.2. The van der Waals surface area contributed by atoms with Crippen molar-refractivity contribution in [3.8, 4) is 11.4 Å². The molecule has 1 aliphatic rings. The molecule has 2 atom stereocenters. The molecule has 0 bridgehead atoms. The standard InChI is InChI=1S/C21H31N7O/c1-13-11-27(12-14(2)29-13)8-7-18-25-20(28(26-18)21(4,5)6)16-9-17-19(22-10-16)24-15(3)23-17/h9-10,13-14H,7-8,11-12H2,1-6H3,(H,22,23,24). The van der Waals surface area contributed by atoms with E-state index in [-0.39, 0.29) is 17.7 Å². The van der Waals surface area contributed by atoms with E-state index in [2.05, 4.69) is 60.5 Å². The van der Waals surface area contributed by atoms with Crippen LogP contribution in [0.1, 0.15) is 46.3 Å². The highest BCUT2D eigenvalue weighted by atomic mass is 16.5. The zero-order chi connectivity index (χ0) is 20.8. The van der Waals surface area contributed by atoms with Crippen LogP contribution in [0.25, 0.3) is 22.6 Å². The molecule has 0 spiro atoms. The maximum atomic E-state index is 5.84. The number of hydrogen-bond acceptors (Lipinski definition) is 6. The lowest BCUT2D eigenvalue weighted by atomic mass is 10.1. The Morgan fingerprint density at radius 1 is 1.17 bits per heavy atom. The van der Waals surface area contributed by atoms with Gasteiger partial charge in [-0.05, 0) is 47.6 Å². The summed E-state index contributed by atoms with van der Waals surface area (Å²) in [6.07, 6.45) is 3.19. The molecule has 0 amide bonds. The number of fused-ring (bicyclic) bond motifs is 1. The number of aromatic amines is 1. The van der Waals surface area contributed by atoms with Gasteiger partial charge >= 0.3 is 0 Å². The summed E-state index contributed by atoms with van der Waals surface area (Å²) in [6.45, 7) is 15.5. The molecule has 0 aromatic carbocycles. The van der Waals surface area contributed by atoms with Gasteiger partial charge in [-0.3, -0.25) is 4.90 Å². The normalized spacial score (nSPS) is 21.2. The second kappa shape index (κ2) is 7.50. The highest BCUT2D eigenvalue weighted by Crippen LogP contribution is 2.26. The Labute approximate surface area is 171 Å². The molecule has 1 N–H and O–H groups in total. The van der Waals surface area contributed by atoms with Crippen LogP contribution in [-0.4, -0.2) is 66.5 Å². The average molecular weight is 398 g/mol. The Balaban J connectivity index is 1.60. The van der Waals surface area contributed by atoms with Gasteiger partial charge in [-0.1, -0.05) is 0 Å². The van der Waals surface area contributed by atoms with Gasteiger partial charge in [-0.15, -0.1) is 0 Å². The van der Waals surface area contributed by atoms with E-state index >= 15 is 0 Å². The van der Waals surface area contributed by atoms with E-state index < -0.39 is 0 Å². The molecular formula is C21H31N7O. The number of rotatable bonds is 4. The van der Waals surface area contributed by atoms with Crippen molar-refractivity contribution in [2.24, 2.45) is 0 Å². The first-order chi connectivity index (χ1) is 13.7. The lowest BCUT2D eigenvalue weighted by Gasteiger charge is -2.35. The molecule has 8 nitrogen and oxygen atoms in total. The smallest absolute Gasteiger partial charge is 0.177 e. The molecule has 3 aromatic heterocycles. The SMILES string of the molecule is Cc1nc2ncc(-c3nc(CCN4CC(C)OC(C)C4)nn3C(C)(C)C)cc2[nH]1. The van der Waals surface area contributed by atoms with Crippen molar-refractivity contribution in [3.63, 3.8) is 0 Å². The summed E-state index contributed by atoms with van der Waals surface area (Å²) in [5, 5.41) is 4.86. The number of hydrogen-bond donors (Lipinski definition) is 1. The fourth-order valence-electron chi connectivity index (χ4n) is 3.98. The lowest BCUT2D eigenvalue weighted by molar-refractivity contribution is -0.0676. The maximum absolute atomic E-state index is 5.84. The third-order valence-electron chi connectivity index (χ3n) is 5.15. The van der Waals surface area contributed by atoms with E-state index in [9.17, 15) is 0 Å². The first-order valence-electron chi connectivity index (χ1n) is 10.4. The number of nitrogens with one attached hydrogen (secondary N) is 1. The van der Waals surface area contributed by atoms with E-state index in [0.717, 1.165) is 60.3 Å². The summed E-state index contributed by atoms with van der Waals surface area (Å²) in [5.41, 5.74) is 2.41. The number of H-pyrrole nitrogens is 1. The highest BCUT2D eigenvalue weighted by Gasteiger charge is 2.25. The summed E-state index contributed by atoms with van der Waals surface area (Å²) in [7, 11) is 0. The van der Waals surface area contributed by atoms with Gasteiger partial charge in [0.05, 0.1) is 23.3 Å². The van der Waals surface area contributed by atoms with Crippen LogP contribution in [0.15, 0.2) is 12.3 Å². The van der Waals surface area contributed by atoms with Crippen LogP contribution in [0.4, 0.5) is 0 Å². The van der Waals surface area contributed by atoms with Crippen molar-refractivity contribution in [3.05, 3.63) is 23.9 Å². The molecule has 156 valence electrons. The minimum Gasteiger partial charge on any atom is -0.373 e. The first kappa shape index (κ1) is 20.0. The van der Waals surface area contributed by atoms with Gasteiger partial charge < -0.3 is 9.72 Å². The molecular weight excluding hydrogens is 366 g/mol. The summed E-state index contributed by atoms with van der Waals surface area (Å²) in [5.74, 6) is 2.57. The number of ether oxygens (including phenoxy) is 1. The van der Waals surface area contributed by atoms with Crippen LogP contribution in [0.2, 0.25) is 0 Å². The Morgan fingerprint density at radius 3 is 2.59 bits per heavy atom. The summed E-state index contributed by atoms with van der Waals surface area (Å²) in [4.78, 5) is 19.5. The second-order valence-electron chi connectivity index (χ2n) is 9.12. The van der Waals surface area contributed by atoms with E-state index in [1.807, 2.05) is 17.8 Å². The van der Waals surface area contributed by atoms with Crippen molar-refractivity contribution >= 4 is 11.2 Å². The van der Waals surface area contributed by atoms with Crippen molar-refractivity contribution in [2.45, 2.75) is 65.7 Å². The zero-order valence-electron chi connectivity index (χ0n) is 18.2. The topological polar surface area (TPSA) is 84.8 Å². The van der Waals surface area contributed by atoms with Crippen LogP contribution in [0.5, 0.6) is 0 Å². The number of aromatic nitrogens is 6. The van der Waals surface area contributed by atoms with Gasteiger partial charge in [0, 0.05) is 37.8 Å². The third-order valence-corrected chi connectivity index (χ3v) is 5.15. The molecule has 29 heavy (non-hydrogen) atoms. The molecule has 1 aliphatic heterocycles. The maximum Gasteiger partial charge on any atom is 0.177 e. The summed E-state index contributed by atoms with van der Waals surface area (Å²) < 4.78 is 7.85. The fraction of sp³-hybridized carbons (Fsp3) is 0.619. The molecule has 4 rings (SSSR count). The molecule has 0 aliphatic carbocycles. The Morgan fingerprint density at radius 2 is 1.90 bits per heavy atom. The average Bonchev–Trinajstić information content (AvgIpc) is 3.20. The second-order valence-corrected chi connectivity index (χ2v) is 9.12. The molecule has 3 aromatic rings. The number of morpholine rings is 1. The molecule has 2 unspecified atom stereocenters. The molecule has 1 fully saturated rings. The Hall–Kier alpha value is -2.32. The van der Waals surface area contributed by atoms with Gasteiger partial charge in [0.25, 0.3) is 0 Å². The third kappa shape index (κ3) is 4.33. The van der Waals surface area contributed by atoms with E-state index in [4.69, 9.17) is 14.8 Å². The van der Waals surface area contributed by atoms with Crippen LogP contribution in [-0.2, 0) is 16.7 Å². The Kier molecular flexibility index (Phi) is 5.16. The summed E-state index contributed by atoms with van der Waals surface area (Å²) in [6, 6.07) is 2.06. The van der Waals surface area contributed by atoms with Crippen molar-refractivity contribution in [1.82, 2.24) is 34.6 Å². The first-order valence-corrected chi connectivity index (χ1v) is 10.4. The minimum absolute atomic E-state index is 0.179. The molecule has 0 saturated carbocycles. The molecule has 4 heterocycles. The highest BCUT2D eigenvalue weighted by molar-refractivity contribution is 5.76. The van der Waals surface area contributed by atoms with Crippen LogP contribution < -0.4 is 0 Å². The lowest BCUT2D eigenvalue weighted by Crippen LogP contribution is -2.46. The minimum atomic E-state index is -0.179. The number of nitrogens with zero attached hydrogens (tertiary/aromatic N) is 6. The molecule has 1 saturated heterocycles. The monoisotopic (exact) mass is 397 g/mol. The van der Waals surface area contributed by atoms with Crippen LogP contribution in [0, 0.1) is 6.92 Å². The van der Waals surface area contributed by atoms with Gasteiger partial charge in [-0.25, -0.2) is 19.6 Å². The fourth-order valence-corrected chi connectivity index (χ4v) is 3.98. The predicted octanol–water partition coefficient (Wildman–Crippen LogP) is 2.93. The van der Waals surface area contributed by atoms with E-state index in [1.165, 1.54) is 0 Å². The quantitative estimate of drug-likeness (QED) is 0.729. The predicted molar refractivity (Wildman–Crippen MR) is 113 cm³/mol. The van der Waals surface area contributed by atoms with E-state index in [0.29, 0.717) is 0 Å². The molecule has 8 heteroatoms. The van der Waals surface area contributed by atoms with E-state index in [1.54, 1.807) is 0 Å². The Bertz CT molecular complexity index is 990.